The first-order valence-corrected chi connectivity index (χ1v) is 6.89. The van der Waals surface area contributed by atoms with Gasteiger partial charge in [-0.05, 0) is 31.0 Å². The van der Waals surface area contributed by atoms with E-state index in [4.69, 9.17) is 10.5 Å². The van der Waals surface area contributed by atoms with E-state index in [1.54, 1.807) is 4.90 Å². The minimum atomic E-state index is -0.229. The maximum Gasteiger partial charge on any atom is 0.410 e. The van der Waals surface area contributed by atoms with E-state index in [-0.39, 0.29) is 12.2 Å². The first-order chi connectivity index (χ1) is 8.70. The Bertz CT molecular complexity index is 425. The van der Waals surface area contributed by atoms with Gasteiger partial charge in [0.15, 0.2) is 0 Å². The highest BCUT2D eigenvalue weighted by Gasteiger charge is 2.30. The number of carbonyl (C=O) groups excluding carboxylic acids is 1. The summed E-state index contributed by atoms with van der Waals surface area (Å²) in [7, 11) is 0. The van der Waals surface area contributed by atoms with Crippen LogP contribution in [0.5, 0.6) is 0 Å². The van der Waals surface area contributed by atoms with E-state index in [1.165, 1.54) is 0 Å². The Balaban J connectivity index is 1.94. The smallest absolute Gasteiger partial charge is 0.410 e. The van der Waals surface area contributed by atoms with Gasteiger partial charge in [-0.25, -0.2) is 4.79 Å². The molecule has 1 fully saturated rings. The van der Waals surface area contributed by atoms with E-state index in [0.29, 0.717) is 19.6 Å². The number of hydrogen-bond acceptors (Lipinski definition) is 3. The molecule has 2 N–H and O–H groups in total. The molecule has 1 heterocycles. The molecule has 1 saturated heterocycles. The normalized spacial score (nSPS) is 19.1. The van der Waals surface area contributed by atoms with E-state index in [9.17, 15) is 4.79 Å². The number of hydrogen-bond donors (Lipinski definition) is 1. The molecule has 0 bridgehead atoms. The lowest BCUT2D eigenvalue weighted by molar-refractivity contribution is 0.127. The predicted octanol–water partition coefficient (Wildman–Crippen LogP) is 2.51. The SMILES string of the molecule is NCCCC1CN(Cc2ccccc2Br)C(=O)O1. The van der Waals surface area contributed by atoms with Crippen LogP contribution in [0.1, 0.15) is 18.4 Å². The molecule has 1 aliphatic rings. The van der Waals surface area contributed by atoms with Gasteiger partial charge in [0.05, 0.1) is 13.1 Å². The number of rotatable bonds is 5. The predicted molar refractivity (Wildman–Crippen MR) is 73.1 cm³/mol. The zero-order valence-electron chi connectivity index (χ0n) is 10.1. The van der Waals surface area contributed by atoms with Crippen molar-refractivity contribution < 1.29 is 9.53 Å². The van der Waals surface area contributed by atoms with Crippen molar-refractivity contribution in [2.24, 2.45) is 5.73 Å². The van der Waals surface area contributed by atoms with Crippen LogP contribution in [0.15, 0.2) is 28.7 Å². The Morgan fingerprint density at radius 2 is 2.22 bits per heavy atom. The van der Waals surface area contributed by atoms with Gasteiger partial charge in [-0.15, -0.1) is 0 Å². The van der Waals surface area contributed by atoms with Crippen LogP contribution < -0.4 is 5.73 Å². The molecule has 0 aromatic heterocycles. The van der Waals surface area contributed by atoms with Crippen LogP contribution in [0.3, 0.4) is 0 Å². The van der Waals surface area contributed by atoms with Gasteiger partial charge in [-0.1, -0.05) is 34.1 Å². The number of amides is 1. The average molecular weight is 313 g/mol. The first-order valence-electron chi connectivity index (χ1n) is 6.09. The number of nitrogens with zero attached hydrogens (tertiary/aromatic N) is 1. The highest BCUT2D eigenvalue weighted by Crippen LogP contribution is 2.22. The monoisotopic (exact) mass is 312 g/mol. The van der Waals surface area contributed by atoms with E-state index in [2.05, 4.69) is 15.9 Å². The van der Waals surface area contributed by atoms with Gasteiger partial charge >= 0.3 is 6.09 Å². The van der Waals surface area contributed by atoms with Gasteiger partial charge in [-0.3, -0.25) is 0 Å². The van der Waals surface area contributed by atoms with Crippen molar-refractivity contribution >= 4 is 22.0 Å². The van der Waals surface area contributed by atoms with Crippen molar-refractivity contribution in [1.29, 1.82) is 0 Å². The van der Waals surface area contributed by atoms with Gasteiger partial charge in [0.2, 0.25) is 0 Å². The number of benzene rings is 1. The second-order valence-corrected chi connectivity index (χ2v) is 5.26. The summed E-state index contributed by atoms with van der Waals surface area (Å²) in [6.45, 7) is 1.87. The molecule has 98 valence electrons. The number of nitrogens with two attached hydrogens (primary N) is 1. The van der Waals surface area contributed by atoms with Crippen molar-refractivity contribution in [2.45, 2.75) is 25.5 Å². The standard InChI is InChI=1S/C13H17BrN2O2/c14-12-6-2-1-4-10(12)8-16-9-11(5-3-7-15)18-13(16)17/h1-2,4,6,11H,3,5,7-9,15H2. The van der Waals surface area contributed by atoms with Crippen molar-refractivity contribution in [3.8, 4) is 0 Å². The number of halogens is 1. The van der Waals surface area contributed by atoms with E-state index in [1.807, 2.05) is 24.3 Å². The molecule has 1 aliphatic heterocycles. The van der Waals surface area contributed by atoms with Crippen molar-refractivity contribution in [1.82, 2.24) is 4.90 Å². The topological polar surface area (TPSA) is 55.6 Å². The zero-order chi connectivity index (χ0) is 13.0. The molecule has 1 aromatic rings. The summed E-state index contributed by atoms with van der Waals surface area (Å²) in [6.07, 6.45) is 1.49. The Morgan fingerprint density at radius 3 is 2.94 bits per heavy atom. The number of carbonyl (C=O) groups is 1. The lowest BCUT2D eigenvalue weighted by Crippen LogP contribution is -2.24. The minimum Gasteiger partial charge on any atom is -0.444 e. The maximum atomic E-state index is 11.7. The third kappa shape index (κ3) is 3.23. The Hall–Kier alpha value is -1.07. The molecule has 0 saturated carbocycles. The van der Waals surface area contributed by atoms with Crippen molar-refractivity contribution in [3.63, 3.8) is 0 Å². The van der Waals surface area contributed by atoms with Crippen LogP contribution in [-0.2, 0) is 11.3 Å². The van der Waals surface area contributed by atoms with Gasteiger partial charge in [0.25, 0.3) is 0 Å². The fourth-order valence-electron chi connectivity index (χ4n) is 2.03. The summed E-state index contributed by atoms with van der Waals surface area (Å²) >= 11 is 3.49. The minimum absolute atomic E-state index is 0.0106. The fourth-order valence-corrected chi connectivity index (χ4v) is 2.44. The molecule has 4 nitrogen and oxygen atoms in total. The van der Waals surface area contributed by atoms with Crippen molar-refractivity contribution in [3.05, 3.63) is 34.3 Å². The van der Waals surface area contributed by atoms with Crippen LogP contribution >= 0.6 is 15.9 Å². The van der Waals surface area contributed by atoms with Crippen LogP contribution in [0.4, 0.5) is 4.79 Å². The molecule has 0 spiro atoms. The van der Waals surface area contributed by atoms with Crippen LogP contribution in [-0.4, -0.2) is 30.2 Å². The highest BCUT2D eigenvalue weighted by atomic mass is 79.9. The summed E-state index contributed by atoms with van der Waals surface area (Å²) in [5.41, 5.74) is 6.55. The summed E-state index contributed by atoms with van der Waals surface area (Å²) in [4.78, 5) is 13.5. The molecule has 0 aliphatic carbocycles. The second kappa shape index (κ2) is 6.20. The van der Waals surface area contributed by atoms with Gasteiger partial charge in [0.1, 0.15) is 6.10 Å². The van der Waals surface area contributed by atoms with Crippen LogP contribution in [0.2, 0.25) is 0 Å². The summed E-state index contributed by atoms with van der Waals surface area (Å²) < 4.78 is 6.32. The highest BCUT2D eigenvalue weighted by molar-refractivity contribution is 9.10. The molecule has 2 rings (SSSR count). The molecule has 1 aromatic carbocycles. The quantitative estimate of drug-likeness (QED) is 0.909. The molecule has 18 heavy (non-hydrogen) atoms. The molecule has 5 heteroatoms. The lowest BCUT2D eigenvalue weighted by atomic mass is 10.2. The van der Waals surface area contributed by atoms with E-state index >= 15 is 0 Å². The second-order valence-electron chi connectivity index (χ2n) is 4.41. The van der Waals surface area contributed by atoms with E-state index in [0.717, 1.165) is 22.9 Å². The Kier molecular flexibility index (Phi) is 4.60. The van der Waals surface area contributed by atoms with E-state index < -0.39 is 0 Å². The van der Waals surface area contributed by atoms with Gasteiger partial charge in [0, 0.05) is 4.47 Å². The zero-order valence-corrected chi connectivity index (χ0v) is 11.7. The lowest BCUT2D eigenvalue weighted by Gasteiger charge is -2.13. The van der Waals surface area contributed by atoms with Crippen molar-refractivity contribution in [2.75, 3.05) is 13.1 Å². The summed E-state index contributed by atoms with van der Waals surface area (Å²) in [5, 5.41) is 0. The third-order valence-electron chi connectivity index (χ3n) is 3.00. The molecule has 1 amide bonds. The summed E-state index contributed by atoms with van der Waals surface area (Å²) in [5.74, 6) is 0. The van der Waals surface area contributed by atoms with Crippen LogP contribution in [0, 0.1) is 0 Å². The molecular formula is C13H17BrN2O2. The van der Waals surface area contributed by atoms with Gasteiger partial charge in [-0.2, -0.15) is 0 Å². The molecule has 1 unspecified atom stereocenters. The largest absolute Gasteiger partial charge is 0.444 e. The first kappa shape index (κ1) is 13.4. The molecule has 0 radical (unpaired) electrons. The average Bonchev–Trinajstić information content (AvgIpc) is 2.70. The maximum absolute atomic E-state index is 11.7. The Morgan fingerprint density at radius 1 is 1.44 bits per heavy atom. The number of ether oxygens (including phenoxy) is 1. The Labute approximate surface area is 115 Å². The molecular weight excluding hydrogens is 296 g/mol. The van der Waals surface area contributed by atoms with Crippen LogP contribution in [0.25, 0.3) is 0 Å². The van der Waals surface area contributed by atoms with Gasteiger partial charge < -0.3 is 15.4 Å². The number of cyclic esters (lactones) is 1. The molecule has 1 atom stereocenters. The fraction of sp³-hybridized carbons (Fsp3) is 0.462. The third-order valence-corrected chi connectivity index (χ3v) is 3.77. The summed E-state index contributed by atoms with van der Waals surface area (Å²) in [6, 6.07) is 7.90.